The Morgan fingerprint density at radius 3 is 2.79 bits per heavy atom. The summed E-state index contributed by atoms with van der Waals surface area (Å²) in [5.74, 6) is 1.29. The van der Waals surface area contributed by atoms with E-state index in [9.17, 15) is 4.39 Å². The van der Waals surface area contributed by atoms with Gasteiger partial charge in [-0.3, -0.25) is 9.89 Å². The number of nitrogens with zero attached hydrogens (tertiary/aromatic N) is 4. The Balaban J connectivity index is 1.31. The van der Waals surface area contributed by atoms with Gasteiger partial charge in [-0.15, -0.1) is 0 Å². The summed E-state index contributed by atoms with van der Waals surface area (Å²) in [6.07, 6.45) is 10.0. The molecule has 1 saturated heterocycles. The van der Waals surface area contributed by atoms with Crippen LogP contribution in [0.4, 0.5) is 4.39 Å². The Kier molecular flexibility index (Phi) is 6.13. The Bertz CT molecular complexity index is 855. The van der Waals surface area contributed by atoms with E-state index in [1.807, 2.05) is 13.0 Å². The van der Waals surface area contributed by atoms with Gasteiger partial charge in [0.25, 0.3) is 0 Å². The third-order valence-corrected chi connectivity index (χ3v) is 6.18. The summed E-state index contributed by atoms with van der Waals surface area (Å²) < 4.78 is 16.3. The standard InChI is InChI=1S/C22H31FN6/c1-16-25-10-12-29(16)21-8-7-17(13-20(21)23)14-26-22(24-2)27-18-9-11-28(15-18)19-5-3-4-6-19/h7-8,10,12-13,18-19H,3-6,9,11,14-15H2,1-2H3,(H2,24,26,27). The van der Waals surface area contributed by atoms with Crippen molar-refractivity contribution in [2.45, 2.75) is 57.7 Å². The van der Waals surface area contributed by atoms with Crippen LogP contribution < -0.4 is 10.6 Å². The second-order valence-electron chi connectivity index (χ2n) is 8.12. The summed E-state index contributed by atoms with van der Waals surface area (Å²) in [7, 11) is 1.78. The minimum atomic E-state index is -0.253. The van der Waals surface area contributed by atoms with E-state index >= 15 is 0 Å². The second kappa shape index (κ2) is 8.95. The van der Waals surface area contributed by atoms with Crippen LogP contribution in [0.5, 0.6) is 0 Å². The molecule has 2 aromatic rings. The molecule has 29 heavy (non-hydrogen) atoms. The van der Waals surface area contributed by atoms with E-state index in [4.69, 9.17) is 0 Å². The lowest BCUT2D eigenvalue weighted by molar-refractivity contribution is 0.242. The summed E-state index contributed by atoms with van der Waals surface area (Å²) >= 11 is 0. The van der Waals surface area contributed by atoms with Crippen LogP contribution in [-0.2, 0) is 6.54 Å². The average molecular weight is 399 g/mol. The summed E-state index contributed by atoms with van der Waals surface area (Å²) in [5.41, 5.74) is 1.40. The largest absolute Gasteiger partial charge is 0.352 e. The molecule has 4 rings (SSSR count). The second-order valence-corrected chi connectivity index (χ2v) is 8.12. The molecule has 1 aliphatic carbocycles. The fourth-order valence-electron chi connectivity index (χ4n) is 4.57. The van der Waals surface area contributed by atoms with Crippen molar-refractivity contribution in [2.24, 2.45) is 4.99 Å². The normalized spacial score (nSPS) is 21.1. The van der Waals surface area contributed by atoms with E-state index in [0.717, 1.165) is 36.4 Å². The molecule has 2 heterocycles. The first-order valence-electron chi connectivity index (χ1n) is 10.6. The molecular weight excluding hydrogens is 367 g/mol. The molecule has 156 valence electrons. The number of aliphatic imine (C=N–C) groups is 1. The Morgan fingerprint density at radius 1 is 1.28 bits per heavy atom. The number of imidazole rings is 1. The van der Waals surface area contributed by atoms with Crippen LogP contribution in [-0.4, -0.2) is 52.6 Å². The lowest BCUT2D eigenvalue weighted by Gasteiger charge is -2.24. The van der Waals surface area contributed by atoms with Crippen LogP contribution >= 0.6 is 0 Å². The van der Waals surface area contributed by atoms with Crippen LogP contribution in [0.3, 0.4) is 0 Å². The number of likely N-dealkylation sites (tertiary alicyclic amines) is 1. The van der Waals surface area contributed by atoms with E-state index in [1.54, 1.807) is 36.1 Å². The lowest BCUT2D eigenvalue weighted by Crippen LogP contribution is -2.45. The van der Waals surface area contributed by atoms with E-state index < -0.39 is 0 Å². The minimum Gasteiger partial charge on any atom is -0.352 e. The predicted molar refractivity (Wildman–Crippen MR) is 114 cm³/mol. The van der Waals surface area contributed by atoms with E-state index in [0.29, 0.717) is 18.3 Å². The van der Waals surface area contributed by atoms with Crippen molar-refractivity contribution in [2.75, 3.05) is 20.1 Å². The Morgan fingerprint density at radius 2 is 2.10 bits per heavy atom. The highest BCUT2D eigenvalue weighted by molar-refractivity contribution is 5.80. The van der Waals surface area contributed by atoms with E-state index in [-0.39, 0.29) is 5.82 Å². The first-order chi connectivity index (χ1) is 14.1. The molecule has 1 aromatic heterocycles. The zero-order valence-electron chi connectivity index (χ0n) is 17.4. The molecule has 1 saturated carbocycles. The van der Waals surface area contributed by atoms with E-state index in [2.05, 4.69) is 25.5 Å². The SMILES string of the molecule is CN=C(NCc1ccc(-n2ccnc2C)c(F)c1)NC1CCN(C2CCCC2)C1. The van der Waals surface area contributed by atoms with Crippen LogP contribution in [0.2, 0.25) is 0 Å². The number of hydrogen-bond acceptors (Lipinski definition) is 3. The van der Waals surface area contributed by atoms with Gasteiger partial charge in [-0.05, 0) is 43.9 Å². The number of benzene rings is 1. The van der Waals surface area contributed by atoms with Gasteiger partial charge in [0.1, 0.15) is 11.6 Å². The van der Waals surface area contributed by atoms with Gasteiger partial charge in [0, 0.05) is 51.2 Å². The maximum absolute atomic E-state index is 14.6. The lowest BCUT2D eigenvalue weighted by atomic mass is 10.2. The third kappa shape index (κ3) is 4.61. The molecule has 7 heteroatoms. The van der Waals surface area contributed by atoms with Crippen molar-refractivity contribution in [3.05, 3.63) is 47.8 Å². The minimum absolute atomic E-state index is 0.253. The Labute approximate surface area is 172 Å². The van der Waals surface area contributed by atoms with Crippen molar-refractivity contribution in [1.82, 2.24) is 25.1 Å². The van der Waals surface area contributed by atoms with Crippen molar-refractivity contribution in [1.29, 1.82) is 0 Å². The molecule has 0 spiro atoms. The molecular formula is C22H31FN6. The van der Waals surface area contributed by atoms with Crippen LogP contribution in [0, 0.1) is 12.7 Å². The number of rotatable bonds is 5. The van der Waals surface area contributed by atoms with Crippen molar-refractivity contribution >= 4 is 5.96 Å². The number of nitrogens with one attached hydrogen (secondary N) is 2. The highest BCUT2D eigenvalue weighted by Gasteiger charge is 2.30. The summed E-state index contributed by atoms with van der Waals surface area (Å²) in [6.45, 7) is 4.64. The third-order valence-electron chi connectivity index (χ3n) is 6.18. The molecule has 6 nitrogen and oxygen atoms in total. The van der Waals surface area contributed by atoms with E-state index in [1.165, 1.54) is 32.2 Å². The smallest absolute Gasteiger partial charge is 0.191 e. The molecule has 1 aliphatic heterocycles. The van der Waals surface area contributed by atoms with Gasteiger partial charge in [0.2, 0.25) is 0 Å². The molecule has 0 radical (unpaired) electrons. The molecule has 0 bridgehead atoms. The summed E-state index contributed by atoms with van der Waals surface area (Å²) in [6, 6.07) is 6.51. The Hall–Kier alpha value is -2.41. The molecule has 2 fully saturated rings. The molecule has 1 aromatic carbocycles. The van der Waals surface area contributed by atoms with Gasteiger partial charge in [-0.2, -0.15) is 0 Å². The first-order valence-corrected chi connectivity index (χ1v) is 10.6. The maximum atomic E-state index is 14.6. The zero-order valence-corrected chi connectivity index (χ0v) is 17.4. The van der Waals surface area contributed by atoms with Crippen molar-refractivity contribution in [3.63, 3.8) is 0 Å². The summed E-state index contributed by atoms with van der Waals surface area (Å²) in [4.78, 5) is 11.1. The number of hydrogen-bond donors (Lipinski definition) is 2. The zero-order chi connectivity index (χ0) is 20.2. The molecule has 2 aliphatic rings. The highest BCUT2D eigenvalue weighted by Crippen LogP contribution is 2.26. The number of guanidine groups is 1. The number of aromatic nitrogens is 2. The number of aryl methyl sites for hydroxylation is 1. The van der Waals surface area contributed by atoms with Gasteiger partial charge in [0.05, 0.1) is 5.69 Å². The first kappa shape index (κ1) is 19.9. The fourth-order valence-corrected chi connectivity index (χ4v) is 4.57. The average Bonchev–Trinajstić information content (AvgIpc) is 3.47. The van der Waals surface area contributed by atoms with Gasteiger partial charge in [-0.25, -0.2) is 9.37 Å². The van der Waals surface area contributed by atoms with Crippen molar-refractivity contribution < 1.29 is 4.39 Å². The van der Waals surface area contributed by atoms with Gasteiger partial charge < -0.3 is 15.2 Å². The highest BCUT2D eigenvalue weighted by atomic mass is 19.1. The molecule has 2 N–H and O–H groups in total. The van der Waals surface area contributed by atoms with Gasteiger partial charge in [-0.1, -0.05) is 18.9 Å². The summed E-state index contributed by atoms with van der Waals surface area (Å²) in [5, 5.41) is 6.86. The van der Waals surface area contributed by atoms with Crippen LogP contribution in [0.15, 0.2) is 35.6 Å². The number of halogens is 1. The van der Waals surface area contributed by atoms with Crippen LogP contribution in [0.1, 0.15) is 43.5 Å². The molecule has 1 unspecified atom stereocenters. The molecule has 1 atom stereocenters. The quantitative estimate of drug-likeness (QED) is 0.601. The van der Waals surface area contributed by atoms with Crippen LogP contribution in [0.25, 0.3) is 5.69 Å². The fraction of sp³-hybridized carbons (Fsp3) is 0.545. The topological polar surface area (TPSA) is 57.5 Å². The van der Waals surface area contributed by atoms with Crippen molar-refractivity contribution in [3.8, 4) is 5.69 Å². The maximum Gasteiger partial charge on any atom is 0.191 e. The van der Waals surface area contributed by atoms with Gasteiger partial charge in [0.15, 0.2) is 5.96 Å². The van der Waals surface area contributed by atoms with Gasteiger partial charge >= 0.3 is 0 Å². The monoisotopic (exact) mass is 398 g/mol. The molecule has 0 amide bonds. The predicted octanol–water partition coefficient (Wildman–Crippen LogP) is 3.00.